The lowest BCUT2D eigenvalue weighted by atomic mass is 10.2. The molecular weight excluding hydrogens is 246 g/mol. The van der Waals surface area contributed by atoms with Gasteiger partial charge in [-0.05, 0) is 12.0 Å². The summed E-state index contributed by atoms with van der Waals surface area (Å²) < 4.78 is 10.9. The molecule has 1 aliphatic carbocycles. The summed E-state index contributed by atoms with van der Waals surface area (Å²) >= 11 is 0. The minimum absolute atomic E-state index is 0.0638. The van der Waals surface area contributed by atoms with E-state index in [1.807, 2.05) is 30.3 Å². The molecule has 3 rings (SSSR count). The lowest BCUT2D eigenvalue weighted by Crippen LogP contribution is -2.47. The standard InChI is InChI=1S/C14H17NO4/c16-8-11-7-15(12-6-13(12)19-11)14(17)18-9-10-4-2-1-3-5-10/h1-5,11-13,16H,6-9H2. The van der Waals surface area contributed by atoms with Gasteiger partial charge >= 0.3 is 6.09 Å². The zero-order chi connectivity index (χ0) is 13.2. The van der Waals surface area contributed by atoms with Gasteiger partial charge in [0.15, 0.2) is 0 Å². The van der Waals surface area contributed by atoms with Crippen molar-refractivity contribution < 1.29 is 19.4 Å². The first-order valence-electron chi connectivity index (χ1n) is 6.51. The molecule has 2 fully saturated rings. The summed E-state index contributed by atoms with van der Waals surface area (Å²) in [5.41, 5.74) is 0.968. The third-order valence-electron chi connectivity index (χ3n) is 3.51. The Hall–Kier alpha value is -1.59. The maximum atomic E-state index is 12.0. The number of carbonyl (C=O) groups excluding carboxylic acids is 1. The second-order valence-corrected chi connectivity index (χ2v) is 4.97. The van der Waals surface area contributed by atoms with Crippen LogP contribution in [0.2, 0.25) is 0 Å². The lowest BCUT2D eigenvalue weighted by molar-refractivity contribution is -0.0561. The average molecular weight is 263 g/mol. The number of morpholine rings is 1. The molecule has 102 valence electrons. The topological polar surface area (TPSA) is 59.0 Å². The van der Waals surface area contributed by atoms with Gasteiger partial charge in [-0.25, -0.2) is 4.79 Å². The van der Waals surface area contributed by atoms with Crippen LogP contribution >= 0.6 is 0 Å². The molecule has 0 radical (unpaired) electrons. The molecule has 1 N–H and O–H groups in total. The highest BCUT2D eigenvalue weighted by Gasteiger charge is 2.51. The summed E-state index contributed by atoms with van der Waals surface area (Å²) in [5.74, 6) is 0. The zero-order valence-corrected chi connectivity index (χ0v) is 10.6. The largest absolute Gasteiger partial charge is 0.445 e. The van der Waals surface area contributed by atoms with E-state index in [1.54, 1.807) is 4.90 Å². The predicted molar refractivity (Wildman–Crippen MR) is 67.5 cm³/mol. The molecule has 0 bridgehead atoms. The summed E-state index contributed by atoms with van der Waals surface area (Å²) in [7, 11) is 0. The fourth-order valence-electron chi connectivity index (χ4n) is 2.39. The predicted octanol–water partition coefficient (Wildman–Crippen LogP) is 1.16. The van der Waals surface area contributed by atoms with Crippen molar-refractivity contribution in [1.82, 2.24) is 4.90 Å². The van der Waals surface area contributed by atoms with E-state index < -0.39 is 0 Å². The van der Waals surface area contributed by atoms with Crippen LogP contribution in [-0.4, -0.2) is 47.5 Å². The van der Waals surface area contributed by atoms with Crippen LogP contribution in [0, 0.1) is 0 Å². The minimum atomic E-state index is -0.321. The van der Waals surface area contributed by atoms with Crippen LogP contribution in [0.4, 0.5) is 4.79 Å². The number of amides is 1. The highest BCUT2D eigenvalue weighted by molar-refractivity contribution is 5.69. The monoisotopic (exact) mass is 263 g/mol. The summed E-state index contributed by atoms with van der Waals surface area (Å²) in [6.07, 6.45) is 0.318. The fourth-order valence-corrected chi connectivity index (χ4v) is 2.39. The van der Waals surface area contributed by atoms with Gasteiger partial charge in [-0.1, -0.05) is 30.3 Å². The van der Waals surface area contributed by atoms with Crippen molar-refractivity contribution in [2.75, 3.05) is 13.2 Å². The number of ether oxygens (including phenoxy) is 2. The maximum Gasteiger partial charge on any atom is 0.410 e. The van der Waals surface area contributed by atoms with Crippen LogP contribution in [0.15, 0.2) is 30.3 Å². The van der Waals surface area contributed by atoms with Gasteiger partial charge in [0.05, 0.1) is 31.4 Å². The Morgan fingerprint density at radius 1 is 1.42 bits per heavy atom. The second kappa shape index (κ2) is 5.19. The number of carbonyl (C=O) groups is 1. The molecule has 1 aromatic rings. The van der Waals surface area contributed by atoms with E-state index in [-0.39, 0.29) is 37.6 Å². The molecule has 2 aliphatic rings. The first-order chi connectivity index (χ1) is 9.28. The van der Waals surface area contributed by atoms with E-state index in [2.05, 4.69) is 0 Å². The van der Waals surface area contributed by atoms with Crippen LogP contribution in [0.25, 0.3) is 0 Å². The molecule has 1 saturated carbocycles. The van der Waals surface area contributed by atoms with Crippen molar-refractivity contribution >= 4 is 6.09 Å². The summed E-state index contributed by atoms with van der Waals surface area (Å²) in [6.45, 7) is 0.620. The summed E-state index contributed by atoms with van der Waals surface area (Å²) in [6, 6.07) is 9.72. The lowest BCUT2D eigenvalue weighted by Gasteiger charge is -2.30. The molecule has 5 nitrogen and oxygen atoms in total. The van der Waals surface area contributed by atoms with Gasteiger partial charge in [0.25, 0.3) is 0 Å². The first-order valence-corrected chi connectivity index (χ1v) is 6.51. The van der Waals surface area contributed by atoms with E-state index in [0.29, 0.717) is 6.54 Å². The molecule has 1 heterocycles. The molecule has 5 heteroatoms. The molecule has 1 saturated heterocycles. The molecule has 3 unspecified atom stereocenters. The third-order valence-corrected chi connectivity index (χ3v) is 3.51. The van der Waals surface area contributed by atoms with Crippen molar-refractivity contribution in [2.45, 2.75) is 31.3 Å². The Bertz CT molecular complexity index is 450. The molecule has 1 amide bonds. The van der Waals surface area contributed by atoms with E-state index >= 15 is 0 Å². The number of hydrogen-bond donors (Lipinski definition) is 1. The molecule has 0 aromatic heterocycles. The fraction of sp³-hybridized carbons (Fsp3) is 0.500. The smallest absolute Gasteiger partial charge is 0.410 e. The van der Waals surface area contributed by atoms with Gasteiger partial charge in [0, 0.05) is 0 Å². The molecule has 19 heavy (non-hydrogen) atoms. The van der Waals surface area contributed by atoms with E-state index in [0.717, 1.165) is 12.0 Å². The van der Waals surface area contributed by atoms with E-state index in [9.17, 15) is 4.79 Å². The highest BCUT2D eigenvalue weighted by Crippen LogP contribution is 2.36. The van der Waals surface area contributed by atoms with E-state index in [1.165, 1.54) is 0 Å². The molecule has 0 spiro atoms. The van der Waals surface area contributed by atoms with Crippen molar-refractivity contribution in [3.05, 3.63) is 35.9 Å². The van der Waals surface area contributed by atoms with Crippen molar-refractivity contribution in [3.63, 3.8) is 0 Å². The Labute approximate surface area is 111 Å². The number of aliphatic hydroxyl groups is 1. The molecule has 1 aromatic carbocycles. The van der Waals surface area contributed by atoms with Gasteiger partial charge in [0.2, 0.25) is 0 Å². The van der Waals surface area contributed by atoms with Crippen LogP contribution in [0.3, 0.4) is 0 Å². The number of nitrogens with zero attached hydrogens (tertiary/aromatic N) is 1. The number of hydrogen-bond acceptors (Lipinski definition) is 4. The number of benzene rings is 1. The van der Waals surface area contributed by atoms with Gasteiger partial charge in [-0.2, -0.15) is 0 Å². The first kappa shape index (κ1) is 12.4. The second-order valence-electron chi connectivity index (χ2n) is 4.97. The summed E-state index contributed by atoms with van der Waals surface area (Å²) in [5, 5.41) is 9.13. The van der Waals surface area contributed by atoms with Gasteiger partial charge < -0.3 is 14.6 Å². The maximum absolute atomic E-state index is 12.0. The quantitative estimate of drug-likeness (QED) is 0.889. The van der Waals surface area contributed by atoms with Crippen LogP contribution < -0.4 is 0 Å². The molecule has 3 atom stereocenters. The number of aliphatic hydroxyl groups excluding tert-OH is 1. The van der Waals surface area contributed by atoms with Crippen LogP contribution in [-0.2, 0) is 16.1 Å². The Morgan fingerprint density at radius 2 is 2.21 bits per heavy atom. The number of fused-ring (bicyclic) bond motifs is 1. The van der Waals surface area contributed by atoms with Crippen LogP contribution in [0.1, 0.15) is 12.0 Å². The van der Waals surface area contributed by atoms with Crippen molar-refractivity contribution in [3.8, 4) is 0 Å². The van der Waals surface area contributed by atoms with Crippen LogP contribution in [0.5, 0.6) is 0 Å². The third kappa shape index (κ3) is 2.72. The zero-order valence-electron chi connectivity index (χ0n) is 10.6. The SMILES string of the molecule is O=C(OCc1ccccc1)N1CC(CO)OC2CC21. The normalized spacial score (nSPS) is 28.7. The van der Waals surface area contributed by atoms with Gasteiger partial charge in [-0.3, -0.25) is 4.90 Å². The van der Waals surface area contributed by atoms with E-state index in [4.69, 9.17) is 14.6 Å². The highest BCUT2D eigenvalue weighted by atomic mass is 16.6. The summed E-state index contributed by atoms with van der Waals surface area (Å²) in [4.78, 5) is 13.7. The molecule has 1 aliphatic heterocycles. The minimum Gasteiger partial charge on any atom is -0.445 e. The molecular formula is C14H17NO4. The Balaban J connectivity index is 1.55. The Morgan fingerprint density at radius 3 is 2.95 bits per heavy atom. The number of rotatable bonds is 3. The van der Waals surface area contributed by atoms with Gasteiger partial charge in [0.1, 0.15) is 6.61 Å². The van der Waals surface area contributed by atoms with Crippen molar-refractivity contribution in [1.29, 1.82) is 0 Å². The van der Waals surface area contributed by atoms with Gasteiger partial charge in [-0.15, -0.1) is 0 Å². The average Bonchev–Trinajstić information content (AvgIpc) is 3.24. The Kier molecular flexibility index (Phi) is 3.40. The van der Waals surface area contributed by atoms with Crippen molar-refractivity contribution in [2.24, 2.45) is 0 Å².